The summed E-state index contributed by atoms with van der Waals surface area (Å²) in [6.07, 6.45) is 9.80. The Kier molecular flexibility index (Phi) is 3.57. The fraction of sp³-hybridized carbons (Fsp3) is 0.562. The van der Waals surface area contributed by atoms with Gasteiger partial charge in [0.15, 0.2) is 0 Å². The van der Waals surface area contributed by atoms with Crippen LogP contribution in [0.5, 0.6) is 0 Å². The lowest BCUT2D eigenvalue weighted by Gasteiger charge is -2.33. The van der Waals surface area contributed by atoms with Gasteiger partial charge in [-0.2, -0.15) is 0 Å². The van der Waals surface area contributed by atoms with Crippen molar-refractivity contribution in [1.29, 1.82) is 0 Å². The van der Waals surface area contributed by atoms with Crippen LogP contribution in [0.1, 0.15) is 24.1 Å². The van der Waals surface area contributed by atoms with Gasteiger partial charge in [-0.15, -0.1) is 11.3 Å². The van der Waals surface area contributed by atoms with Crippen LogP contribution in [0.25, 0.3) is 5.69 Å². The monoisotopic (exact) mass is 302 g/mol. The minimum absolute atomic E-state index is 0.607. The third-order valence-corrected chi connectivity index (χ3v) is 5.91. The number of hydrogen-bond acceptors (Lipinski definition) is 4. The Morgan fingerprint density at radius 1 is 1.29 bits per heavy atom. The molecule has 1 spiro atoms. The second-order valence-corrected chi connectivity index (χ2v) is 7.45. The van der Waals surface area contributed by atoms with Gasteiger partial charge in [-0.3, -0.25) is 4.90 Å². The molecule has 2 aromatic heterocycles. The van der Waals surface area contributed by atoms with Crippen molar-refractivity contribution in [2.45, 2.75) is 25.8 Å². The fourth-order valence-electron chi connectivity index (χ4n) is 3.75. The number of rotatable bonds is 3. The maximum absolute atomic E-state index is 4.12. The van der Waals surface area contributed by atoms with Gasteiger partial charge >= 0.3 is 0 Å². The van der Waals surface area contributed by atoms with E-state index in [1.165, 1.54) is 56.0 Å². The van der Waals surface area contributed by atoms with Crippen LogP contribution in [0.3, 0.4) is 0 Å². The minimum atomic E-state index is 0.607. The standard InChI is InChI=1S/C16H22N4S/c1-4-17-5-2-16(1)3-7-19(12-16)10-15-9-14(11-21-15)20-8-6-18-13-20/h6,8-9,11,13,17H,1-5,7,10,12H2. The first-order valence-corrected chi connectivity index (χ1v) is 8.70. The van der Waals surface area contributed by atoms with E-state index in [0.717, 1.165) is 6.54 Å². The van der Waals surface area contributed by atoms with E-state index in [0.29, 0.717) is 5.41 Å². The summed E-state index contributed by atoms with van der Waals surface area (Å²) in [4.78, 5) is 8.23. The summed E-state index contributed by atoms with van der Waals surface area (Å²) in [7, 11) is 0. The molecule has 2 aliphatic rings. The van der Waals surface area contributed by atoms with Crippen LogP contribution in [0.4, 0.5) is 0 Å². The zero-order chi connectivity index (χ0) is 14.1. The molecule has 0 aromatic carbocycles. The first-order valence-electron chi connectivity index (χ1n) is 7.82. The van der Waals surface area contributed by atoms with Gasteiger partial charge < -0.3 is 9.88 Å². The normalized spacial score (nSPS) is 22.1. The van der Waals surface area contributed by atoms with Gasteiger partial charge in [0.1, 0.15) is 0 Å². The largest absolute Gasteiger partial charge is 0.317 e. The summed E-state index contributed by atoms with van der Waals surface area (Å²) in [5.74, 6) is 0. The summed E-state index contributed by atoms with van der Waals surface area (Å²) in [5.41, 5.74) is 1.85. The van der Waals surface area contributed by atoms with Gasteiger partial charge in [0.2, 0.25) is 0 Å². The second-order valence-electron chi connectivity index (χ2n) is 6.45. The van der Waals surface area contributed by atoms with Gasteiger partial charge in [-0.1, -0.05) is 0 Å². The molecule has 0 saturated carbocycles. The number of nitrogens with zero attached hydrogens (tertiary/aromatic N) is 3. The van der Waals surface area contributed by atoms with Gasteiger partial charge in [0, 0.05) is 35.7 Å². The highest BCUT2D eigenvalue weighted by Crippen LogP contribution is 2.39. The summed E-state index contributed by atoms with van der Waals surface area (Å²) in [6, 6.07) is 2.31. The minimum Gasteiger partial charge on any atom is -0.317 e. The molecular weight excluding hydrogens is 280 g/mol. The Labute approximate surface area is 129 Å². The molecule has 2 fully saturated rings. The van der Waals surface area contributed by atoms with Crippen molar-refractivity contribution >= 4 is 11.3 Å². The van der Waals surface area contributed by atoms with E-state index < -0.39 is 0 Å². The van der Waals surface area contributed by atoms with E-state index >= 15 is 0 Å². The second kappa shape index (κ2) is 5.55. The molecule has 4 nitrogen and oxygen atoms in total. The molecule has 0 bridgehead atoms. The van der Waals surface area contributed by atoms with Crippen molar-refractivity contribution in [3.05, 3.63) is 35.0 Å². The Morgan fingerprint density at radius 3 is 3.00 bits per heavy atom. The first kappa shape index (κ1) is 13.5. The van der Waals surface area contributed by atoms with Crippen molar-refractivity contribution in [2.24, 2.45) is 5.41 Å². The maximum atomic E-state index is 4.12. The Morgan fingerprint density at radius 2 is 2.19 bits per heavy atom. The summed E-state index contributed by atoms with van der Waals surface area (Å²) < 4.78 is 2.08. The number of aromatic nitrogens is 2. The fourth-order valence-corrected chi connectivity index (χ4v) is 4.66. The van der Waals surface area contributed by atoms with Crippen molar-refractivity contribution in [3.8, 4) is 5.69 Å². The van der Waals surface area contributed by atoms with Crippen LogP contribution in [0.15, 0.2) is 30.2 Å². The first-order chi connectivity index (χ1) is 10.3. The number of imidazole rings is 1. The molecule has 112 valence electrons. The molecule has 1 N–H and O–H groups in total. The molecular formula is C16H22N4S. The van der Waals surface area contributed by atoms with Crippen molar-refractivity contribution in [3.63, 3.8) is 0 Å². The third kappa shape index (κ3) is 2.78. The molecule has 0 atom stereocenters. The van der Waals surface area contributed by atoms with Crippen LogP contribution in [0.2, 0.25) is 0 Å². The van der Waals surface area contributed by atoms with Crippen LogP contribution in [-0.4, -0.2) is 40.6 Å². The van der Waals surface area contributed by atoms with Crippen LogP contribution >= 0.6 is 11.3 Å². The van der Waals surface area contributed by atoms with Crippen molar-refractivity contribution in [2.75, 3.05) is 26.2 Å². The van der Waals surface area contributed by atoms with Crippen LogP contribution in [-0.2, 0) is 6.54 Å². The molecule has 0 unspecified atom stereocenters. The number of nitrogens with one attached hydrogen (secondary N) is 1. The SMILES string of the molecule is c1cn(-c2csc(CN3CCC4(CCNCC4)C3)c2)cn1. The van der Waals surface area contributed by atoms with Crippen molar-refractivity contribution in [1.82, 2.24) is 19.8 Å². The quantitative estimate of drug-likeness (QED) is 0.946. The van der Waals surface area contributed by atoms with E-state index in [4.69, 9.17) is 0 Å². The lowest BCUT2D eigenvalue weighted by atomic mass is 9.78. The molecule has 4 rings (SSSR count). The summed E-state index contributed by atoms with van der Waals surface area (Å²) >= 11 is 1.87. The number of piperidine rings is 1. The van der Waals surface area contributed by atoms with Crippen molar-refractivity contribution < 1.29 is 0 Å². The molecule has 2 saturated heterocycles. The lowest BCUT2D eigenvalue weighted by Crippen LogP contribution is -2.38. The highest BCUT2D eigenvalue weighted by Gasteiger charge is 2.38. The van der Waals surface area contributed by atoms with Crippen LogP contribution < -0.4 is 5.32 Å². The number of likely N-dealkylation sites (tertiary alicyclic amines) is 1. The van der Waals surface area contributed by atoms with Gasteiger partial charge in [-0.05, 0) is 50.4 Å². The number of thiophene rings is 1. The summed E-state index contributed by atoms with van der Waals surface area (Å²) in [6.45, 7) is 6.06. The van der Waals surface area contributed by atoms with E-state index in [1.807, 2.05) is 30.1 Å². The molecule has 2 aliphatic heterocycles. The third-order valence-electron chi connectivity index (χ3n) is 5.00. The maximum Gasteiger partial charge on any atom is 0.0991 e. The smallest absolute Gasteiger partial charge is 0.0991 e. The molecule has 0 radical (unpaired) electrons. The highest BCUT2D eigenvalue weighted by molar-refractivity contribution is 7.10. The predicted octanol–water partition coefficient (Wildman–Crippen LogP) is 2.51. The molecule has 4 heterocycles. The van der Waals surface area contributed by atoms with E-state index in [9.17, 15) is 0 Å². The Hall–Kier alpha value is -1.17. The van der Waals surface area contributed by atoms with E-state index in [2.05, 4.69) is 31.2 Å². The molecule has 21 heavy (non-hydrogen) atoms. The topological polar surface area (TPSA) is 33.1 Å². The summed E-state index contributed by atoms with van der Waals surface area (Å²) in [5, 5.41) is 5.72. The zero-order valence-corrected chi connectivity index (χ0v) is 13.1. The average Bonchev–Trinajstić information content (AvgIpc) is 3.22. The van der Waals surface area contributed by atoms with Gasteiger partial charge in [0.25, 0.3) is 0 Å². The molecule has 0 aliphatic carbocycles. The predicted molar refractivity (Wildman–Crippen MR) is 85.9 cm³/mol. The van der Waals surface area contributed by atoms with Gasteiger partial charge in [0.05, 0.1) is 12.0 Å². The molecule has 2 aromatic rings. The van der Waals surface area contributed by atoms with Gasteiger partial charge in [-0.25, -0.2) is 4.98 Å². The lowest BCUT2D eigenvalue weighted by molar-refractivity contribution is 0.194. The molecule has 0 amide bonds. The average molecular weight is 302 g/mol. The van der Waals surface area contributed by atoms with E-state index in [1.54, 1.807) is 0 Å². The molecule has 5 heteroatoms. The zero-order valence-electron chi connectivity index (χ0n) is 12.3. The number of hydrogen-bond donors (Lipinski definition) is 1. The highest BCUT2D eigenvalue weighted by atomic mass is 32.1. The van der Waals surface area contributed by atoms with E-state index in [-0.39, 0.29) is 0 Å². The Balaban J connectivity index is 1.41. The van der Waals surface area contributed by atoms with Crippen LogP contribution in [0, 0.1) is 5.41 Å². The Bertz CT molecular complexity index is 583.